The number of nitrogens with one attached hydrogen (secondary N) is 1. The Bertz CT molecular complexity index is 990. The zero-order valence-corrected chi connectivity index (χ0v) is 47.1. The Labute approximate surface area is 432 Å². The number of carbonyl (C=O) groups is 2. The zero-order chi connectivity index (χ0) is 50.0. The lowest BCUT2D eigenvalue weighted by molar-refractivity contribution is -0.143. The largest absolute Gasteiger partial charge is 0.466 e. The van der Waals surface area contributed by atoms with Gasteiger partial charge in [0, 0.05) is 12.8 Å². The van der Waals surface area contributed by atoms with E-state index in [2.05, 4.69) is 19.2 Å². The molecule has 2 atom stereocenters. The zero-order valence-electron chi connectivity index (χ0n) is 47.1. The van der Waals surface area contributed by atoms with Crippen molar-refractivity contribution >= 4 is 11.9 Å². The van der Waals surface area contributed by atoms with Crippen LogP contribution in [0.25, 0.3) is 0 Å². The van der Waals surface area contributed by atoms with Crippen molar-refractivity contribution in [2.24, 2.45) is 0 Å². The molecule has 0 aromatic heterocycles. The minimum absolute atomic E-state index is 0.0119. The maximum absolute atomic E-state index is 12.5. The molecular weight excluding hydrogens is 851 g/mol. The van der Waals surface area contributed by atoms with E-state index < -0.39 is 12.1 Å². The first-order valence-electron chi connectivity index (χ1n) is 31.8. The van der Waals surface area contributed by atoms with E-state index in [4.69, 9.17) is 4.74 Å². The summed E-state index contributed by atoms with van der Waals surface area (Å²) in [4.78, 5) is 24.6. The molecule has 0 aliphatic heterocycles. The Balaban J connectivity index is 3.39. The molecule has 0 rings (SSSR count). The molecule has 0 bridgehead atoms. The van der Waals surface area contributed by atoms with Gasteiger partial charge in [-0.3, -0.25) is 9.59 Å². The second-order valence-electron chi connectivity index (χ2n) is 22.1. The summed E-state index contributed by atoms with van der Waals surface area (Å²) in [5, 5.41) is 23.4. The van der Waals surface area contributed by atoms with E-state index in [9.17, 15) is 19.8 Å². The standard InChI is InChI=1S/C63H125NO5/c1-3-5-7-9-11-13-15-17-18-19-20-22-25-28-32-35-39-43-47-51-55-61(66)60(59-65)64-62(67)56-52-48-44-40-36-33-29-26-23-21-24-27-30-34-38-42-46-50-54-58-69-63(68)57-53-49-45-41-37-31-16-14-12-10-8-6-4-2/h60-61,65-66H,3-59H2,1-2H3,(H,64,67). The van der Waals surface area contributed by atoms with Gasteiger partial charge in [0.2, 0.25) is 5.91 Å². The third-order valence-electron chi connectivity index (χ3n) is 15.2. The summed E-state index contributed by atoms with van der Waals surface area (Å²) in [6, 6.07) is -0.543. The lowest BCUT2D eigenvalue weighted by Crippen LogP contribution is -2.45. The number of ether oxygens (including phenoxy) is 1. The van der Waals surface area contributed by atoms with Crippen LogP contribution in [0.5, 0.6) is 0 Å². The van der Waals surface area contributed by atoms with Crippen molar-refractivity contribution < 1.29 is 24.5 Å². The quantitative estimate of drug-likeness (QED) is 0.0417. The highest BCUT2D eigenvalue weighted by Gasteiger charge is 2.20. The first kappa shape index (κ1) is 67.9. The van der Waals surface area contributed by atoms with Gasteiger partial charge in [-0.15, -0.1) is 0 Å². The monoisotopic (exact) mass is 976 g/mol. The molecule has 0 saturated heterocycles. The molecule has 0 aliphatic carbocycles. The molecule has 412 valence electrons. The van der Waals surface area contributed by atoms with Gasteiger partial charge in [-0.05, 0) is 25.7 Å². The Morgan fingerprint density at radius 1 is 0.348 bits per heavy atom. The number of amides is 1. The first-order valence-corrected chi connectivity index (χ1v) is 31.8. The molecule has 0 aromatic rings. The van der Waals surface area contributed by atoms with Gasteiger partial charge in [-0.25, -0.2) is 0 Å². The van der Waals surface area contributed by atoms with E-state index in [1.807, 2.05) is 0 Å². The van der Waals surface area contributed by atoms with E-state index in [1.54, 1.807) is 0 Å². The Morgan fingerprint density at radius 2 is 0.594 bits per heavy atom. The summed E-state index contributed by atoms with van der Waals surface area (Å²) in [6.45, 7) is 4.99. The Hall–Kier alpha value is -1.14. The van der Waals surface area contributed by atoms with Crippen LogP contribution in [-0.2, 0) is 14.3 Å². The molecule has 0 aromatic carbocycles. The van der Waals surface area contributed by atoms with Crippen molar-refractivity contribution in [3.05, 3.63) is 0 Å². The van der Waals surface area contributed by atoms with Gasteiger partial charge < -0.3 is 20.3 Å². The van der Waals surface area contributed by atoms with Crippen LogP contribution < -0.4 is 5.32 Å². The molecule has 6 nitrogen and oxygen atoms in total. The smallest absolute Gasteiger partial charge is 0.305 e. The molecule has 0 aliphatic rings. The van der Waals surface area contributed by atoms with Crippen molar-refractivity contribution in [2.75, 3.05) is 13.2 Å². The number of esters is 1. The normalized spacial score (nSPS) is 12.5. The Kier molecular flexibility index (Phi) is 58.4. The predicted octanol–water partition coefficient (Wildman–Crippen LogP) is 19.9. The molecule has 0 heterocycles. The summed E-state index contributed by atoms with van der Waals surface area (Å²) in [5.74, 6) is -0.0213. The molecule has 69 heavy (non-hydrogen) atoms. The number of aliphatic hydroxyl groups excluding tert-OH is 2. The van der Waals surface area contributed by atoms with Crippen LogP contribution in [0, 0.1) is 0 Å². The van der Waals surface area contributed by atoms with Crippen LogP contribution >= 0.6 is 0 Å². The Morgan fingerprint density at radius 3 is 0.884 bits per heavy atom. The molecule has 0 radical (unpaired) electrons. The van der Waals surface area contributed by atoms with Gasteiger partial charge in [0.1, 0.15) is 0 Å². The molecule has 0 spiro atoms. The highest BCUT2D eigenvalue weighted by Crippen LogP contribution is 2.19. The number of hydrogen-bond donors (Lipinski definition) is 3. The molecule has 6 heteroatoms. The maximum Gasteiger partial charge on any atom is 0.305 e. The minimum atomic E-state index is -0.666. The highest BCUT2D eigenvalue weighted by atomic mass is 16.5. The van der Waals surface area contributed by atoms with Crippen LogP contribution in [0.1, 0.15) is 367 Å². The van der Waals surface area contributed by atoms with E-state index >= 15 is 0 Å². The molecule has 3 N–H and O–H groups in total. The van der Waals surface area contributed by atoms with Crippen LogP contribution in [0.2, 0.25) is 0 Å². The number of carbonyl (C=O) groups excluding carboxylic acids is 2. The second kappa shape index (κ2) is 59.4. The van der Waals surface area contributed by atoms with E-state index in [-0.39, 0.29) is 18.5 Å². The van der Waals surface area contributed by atoms with Crippen molar-refractivity contribution in [3.63, 3.8) is 0 Å². The van der Waals surface area contributed by atoms with Crippen molar-refractivity contribution in [1.82, 2.24) is 5.32 Å². The number of unbranched alkanes of at least 4 members (excludes halogenated alkanes) is 49. The van der Waals surface area contributed by atoms with E-state index in [0.717, 1.165) is 38.5 Å². The molecule has 1 amide bonds. The SMILES string of the molecule is CCCCCCCCCCCCCCCCCCCCCCC(O)C(CO)NC(=O)CCCCCCCCCCCCCCCCCCCCCOC(=O)CCCCCCCCCCCCCCC. The molecule has 0 saturated carbocycles. The van der Waals surface area contributed by atoms with Gasteiger partial charge in [-0.1, -0.05) is 328 Å². The van der Waals surface area contributed by atoms with Gasteiger partial charge in [0.15, 0.2) is 0 Å². The highest BCUT2D eigenvalue weighted by molar-refractivity contribution is 5.76. The summed E-state index contributed by atoms with van der Waals surface area (Å²) in [6.07, 6.45) is 69.7. The summed E-state index contributed by atoms with van der Waals surface area (Å²) < 4.78 is 5.48. The molecule has 2 unspecified atom stereocenters. The van der Waals surface area contributed by atoms with Crippen molar-refractivity contribution in [3.8, 4) is 0 Å². The average Bonchev–Trinajstić information content (AvgIpc) is 3.35. The van der Waals surface area contributed by atoms with E-state index in [0.29, 0.717) is 25.9 Å². The molecule has 0 fully saturated rings. The third kappa shape index (κ3) is 56.0. The van der Waals surface area contributed by atoms with Crippen LogP contribution in [0.3, 0.4) is 0 Å². The van der Waals surface area contributed by atoms with Crippen LogP contribution in [0.15, 0.2) is 0 Å². The summed E-state index contributed by atoms with van der Waals surface area (Å²) in [5.41, 5.74) is 0. The third-order valence-corrected chi connectivity index (χ3v) is 15.2. The first-order chi connectivity index (χ1) is 34.0. The van der Waals surface area contributed by atoms with Gasteiger partial charge in [0.25, 0.3) is 0 Å². The van der Waals surface area contributed by atoms with E-state index in [1.165, 1.54) is 295 Å². The second-order valence-corrected chi connectivity index (χ2v) is 22.1. The lowest BCUT2D eigenvalue weighted by atomic mass is 10.0. The number of hydrogen-bond acceptors (Lipinski definition) is 5. The summed E-state index contributed by atoms with van der Waals surface area (Å²) >= 11 is 0. The fourth-order valence-corrected chi connectivity index (χ4v) is 10.3. The van der Waals surface area contributed by atoms with Gasteiger partial charge in [-0.2, -0.15) is 0 Å². The van der Waals surface area contributed by atoms with Crippen LogP contribution in [-0.4, -0.2) is 47.4 Å². The maximum atomic E-state index is 12.5. The minimum Gasteiger partial charge on any atom is -0.466 e. The topological polar surface area (TPSA) is 95.9 Å². The fraction of sp³-hybridized carbons (Fsp3) is 0.968. The van der Waals surface area contributed by atoms with Gasteiger partial charge >= 0.3 is 5.97 Å². The fourth-order valence-electron chi connectivity index (χ4n) is 10.3. The lowest BCUT2D eigenvalue weighted by Gasteiger charge is -2.22. The number of aliphatic hydroxyl groups is 2. The van der Waals surface area contributed by atoms with Gasteiger partial charge in [0.05, 0.1) is 25.4 Å². The predicted molar refractivity (Wildman–Crippen MR) is 301 cm³/mol. The molecular formula is C63H125NO5. The van der Waals surface area contributed by atoms with Crippen molar-refractivity contribution in [2.45, 2.75) is 379 Å². The van der Waals surface area contributed by atoms with Crippen molar-refractivity contribution in [1.29, 1.82) is 0 Å². The summed E-state index contributed by atoms with van der Waals surface area (Å²) in [7, 11) is 0. The average molecular weight is 977 g/mol. The number of rotatable bonds is 60. The van der Waals surface area contributed by atoms with Crippen LogP contribution in [0.4, 0.5) is 0 Å².